The average Bonchev–Trinajstić information content (AvgIpc) is 2.43. The Bertz CT molecular complexity index is 468. The zero-order valence-corrected chi connectivity index (χ0v) is 14.4. The Labute approximate surface area is 138 Å². The van der Waals surface area contributed by atoms with E-state index in [0.717, 1.165) is 12.8 Å². The predicted octanol–water partition coefficient (Wildman–Crippen LogP) is 2.71. The highest BCUT2D eigenvalue weighted by molar-refractivity contribution is 5.85. The van der Waals surface area contributed by atoms with Crippen molar-refractivity contribution in [3.05, 3.63) is 30.1 Å². The number of nitrogens with two attached hydrogens (primary N) is 1. The van der Waals surface area contributed by atoms with E-state index in [1.165, 1.54) is 6.07 Å². The molecule has 0 fully saturated rings. The fourth-order valence-electron chi connectivity index (χ4n) is 2.23. The number of rotatable bonds is 8. The highest BCUT2D eigenvalue weighted by Gasteiger charge is 2.26. The summed E-state index contributed by atoms with van der Waals surface area (Å²) in [6, 6.07) is 6.66. The van der Waals surface area contributed by atoms with E-state index in [1.807, 2.05) is 18.9 Å². The van der Waals surface area contributed by atoms with Crippen LogP contribution >= 0.6 is 12.4 Å². The predicted molar refractivity (Wildman–Crippen MR) is 92.0 cm³/mol. The van der Waals surface area contributed by atoms with Crippen LogP contribution in [-0.4, -0.2) is 31.6 Å². The number of halogens is 2. The minimum Gasteiger partial charge on any atom is -0.372 e. The van der Waals surface area contributed by atoms with Crippen LogP contribution in [0, 0.1) is 5.82 Å². The summed E-state index contributed by atoms with van der Waals surface area (Å²) < 4.78 is 13.6. The quantitative estimate of drug-likeness (QED) is 0.720. The van der Waals surface area contributed by atoms with Gasteiger partial charge in [-0.3, -0.25) is 4.79 Å². The Morgan fingerprint density at radius 1 is 1.41 bits per heavy atom. The summed E-state index contributed by atoms with van der Waals surface area (Å²) in [5.74, 6) is -0.362. The molecule has 1 aromatic carbocycles. The lowest BCUT2D eigenvalue weighted by Crippen LogP contribution is -2.51. The molecular weight excluding hydrogens is 305 g/mol. The van der Waals surface area contributed by atoms with Crippen LogP contribution in [-0.2, 0) is 4.79 Å². The normalized spacial score (nSPS) is 13.0. The third-order valence-electron chi connectivity index (χ3n) is 3.51. The van der Waals surface area contributed by atoms with Crippen molar-refractivity contribution in [2.75, 3.05) is 25.0 Å². The summed E-state index contributed by atoms with van der Waals surface area (Å²) in [5.41, 5.74) is 5.71. The van der Waals surface area contributed by atoms with E-state index in [2.05, 4.69) is 5.32 Å². The van der Waals surface area contributed by atoms with Crippen molar-refractivity contribution >= 4 is 24.0 Å². The van der Waals surface area contributed by atoms with E-state index in [4.69, 9.17) is 5.73 Å². The van der Waals surface area contributed by atoms with Crippen molar-refractivity contribution in [2.45, 2.75) is 38.6 Å². The lowest BCUT2D eigenvalue weighted by atomic mass is 9.96. The van der Waals surface area contributed by atoms with Gasteiger partial charge < -0.3 is 16.0 Å². The first-order chi connectivity index (χ1) is 9.88. The minimum absolute atomic E-state index is 0. The molecule has 4 nitrogen and oxygen atoms in total. The maximum absolute atomic E-state index is 13.6. The van der Waals surface area contributed by atoms with Crippen LogP contribution in [0.3, 0.4) is 0 Å². The molecule has 22 heavy (non-hydrogen) atoms. The van der Waals surface area contributed by atoms with Crippen LogP contribution in [0.4, 0.5) is 10.1 Å². The number of hydrogen-bond donors (Lipinski definition) is 2. The lowest BCUT2D eigenvalue weighted by Gasteiger charge is -2.24. The smallest absolute Gasteiger partial charge is 0.239 e. The number of nitrogens with zero attached hydrogens (tertiary/aromatic N) is 1. The zero-order chi connectivity index (χ0) is 15.9. The molecule has 0 saturated heterocycles. The topological polar surface area (TPSA) is 58.4 Å². The summed E-state index contributed by atoms with van der Waals surface area (Å²) in [6.45, 7) is 4.95. The van der Waals surface area contributed by atoms with E-state index >= 15 is 0 Å². The summed E-state index contributed by atoms with van der Waals surface area (Å²) in [7, 11) is 1.84. The molecule has 0 radical (unpaired) electrons. The number of para-hydroxylation sites is 1. The molecule has 0 aliphatic rings. The standard InChI is InChI=1S/C16H26FN3O.ClH/c1-4-10-16(2,18)15(21)19-11-7-12-20(3)14-9-6-5-8-13(14)17;/h5-6,8-9H,4,7,10-12,18H2,1-3H3,(H,19,21);1H. The molecule has 1 aromatic rings. The van der Waals surface area contributed by atoms with Gasteiger partial charge in [0.05, 0.1) is 11.2 Å². The number of hydrogen-bond acceptors (Lipinski definition) is 3. The van der Waals surface area contributed by atoms with Crippen molar-refractivity contribution < 1.29 is 9.18 Å². The maximum atomic E-state index is 13.6. The first kappa shape index (κ1) is 20.7. The number of amides is 1. The maximum Gasteiger partial charge on any atom is 0.239 e. The molecule has 0 bridgehead atoms. The van der Waals surface area contributed by atoms with Gasteiger partial charge in [0.1, 0.15) is 5.82 Å². The van der Waals surface area contributed by atoms with Crippen LogP contribution in [0.2, 0.25) is 0 Å². The van der Waals surface area contributed by atoms with Gasteiger partial charge in [0.15, 0.2) is 0 Å². The molecule has 0 aliphatic heterocycles. The van der Waals surface area contributed by atoms with Crippen LogP contribution in [0.5, 0.6) is 0 Å². The summed E-state index contributed by atoms with van der Waals surface area (Å²) >= 11 is 0. The van der Waals surface area contributed by atoms with E-state index < -0.39 is 5.54 Å². The van der Waals surface area contributed by atoms with Crippen LogP contribution in [0.1, 0.15) is 33.1 Å². The molecule has 0 aliphatic carbocycles. The second-order valence-electron chi connectivity index (χ2n) is 5.65. The number of anilines is 1. The monoisotopic (exact) mass is 331 g/mol. The fraction of sp³-hybridized carbons (Fsp3) is 0.562. The summed E-state index contributed by atoms with van der Waals surface area (Å²) in [5, 5.41) is 2.84. The van der Waals surface area contributed by atoms with Crippen molar-refractivity contribution in [3.63, 3.8) is 0 Å². The third-order valence-corrected chi connectivity index (χ3v) is 3.51. The summed E-state index contributed by atoms with van der Waals surface area (Å²) in [6.07, 6.45) is 2.27. The Morgan fingerprint density at radius 2 is 2.05 bits per heavy atom. The molecule has 0 aromatic heterocycles. The van der Waals surface area contributed by atoms with Gasteiger partial charge in [-0.1, -0.05) is 25.5 Å². The molecular formula is C16H27ClFN3O. The van der Waals surface area contributed by atoms with Crippen molar-refractivity contribution in [3.8, 4) is 0 Å². The second kappa shape index (κ2) is 9.64. The van der Waals surface area contributed by atoms with Gasteiger partial charge in [0.2, 0.25) is 5.91 Å². The molecule has 3 N–H and O–H groups in total. The van der Waals surface area contributed by atoms with Gasteiger partial charge in [-0.05, 0) is 31.9 Å². The first-order valence-electron chi connectivity index (χ1n) is 7.41. The van der Waals surface area contributed by atoms with Gasteiger partial charge in [-0.25, -0.2) is 4.39 Å². The minimum atomic E-state index is -0.813. The Morgan fingerprint density at radius 3 is 2.64 bits per heavy atom. The molecule has 6 heteroatoms. The number of benzene rings is 1. The average molecular weight is 332 g/mol. The molecule has 0 spiro atoms. The van der Waals surface area contributed by atoms with Crippen molar-refractivity contribution in [1.29, 1.82) is 0 Å². The number of carbonyl (C=O) groups excluding carboxylic acids is 1. The number of carbonyl (C=O) groups is 1. The molecule has 0 heterocycles. The lowest BCUT2D eigenvalue weighted by molar-refractivity contribution is -0.126. The van der Waals surface area contributed by atoms with Crippen LogP contribution < -0.4 is 16.0 Å². The Balaban J connectivity index is 0.00000441. The van der Waals surface area contributed by atoms with Gasteiger partial charge in [0.25, 0.3) is 0 Å². The third kappa shape index (κ3) is 6.20. The molecule has 1 unspecified atom stereocenters. The largest absolute Gasteiger partial charge is 0.372 e. The molecule has 1 atom stereocenters. The highest BCUT2D eigenvalue weighted by atomic mass is 35.5. The van der Waals surface area contributed by atoms with Crippen LogP contribution in [0.25, 0.3) is 0 Å². The molecule has 126 valence electrons. The molecule has 0 saturated carbocycles. The van der Waals surface area contributed by atoms with Crippen LogP contribution in [0.15, 0.2) is 24.3 Å². The van der Waals surface area contributed by atoms with Gasteiger partial charge >= 0.3 is 0 Å². The second-order valence-corrected chi connectivity index (χ2v) is 5.65. The first-order valence-corrected chi connectivity index (χ1v) is 7.41. The van der Waals surface area contributed by atoms with Gasteiger partial charge in [-0.2, -0.15) is 0 Å². The highest BCUT2D eigenvalue weighted by Crippen LogP contribution is 2.16. The van der Waals surface area contributed by atoms with Crippen molar-refractivity contribution in [1.82, 2.24) is 5.32 Å². The van der Waals surface area contributed by atoms with E-state index in [0.29, 0.717) is 25.2 Å². The fourth-order valence-corrected chi connectivity index (χ4v) is 2.23. The van der Waals surface area contributed by atoms with E-state index in [-0.39, 0.29) is 24.1 Å². The van der Waals surface area contributed by atoms with E-state index in [9.17, 15) is 9.18 Å². The van der Waals surface area contributed by atoms with Gasteiger partial charge in [-0.15, -0.1) is 12.4 Å². The van der Waals surface area contributed by atoms with E-state index in [1.54, 1.807) is 25.1 Å². The molecule has 1 amide bonds. The number of nitrogens with one attached hydrogen (secondary N) is 1. The zero-order valence-electron chi connectivity index (χ0n) is 13.6. The SMILES string of the molecule is CCCC(C)(N)C(=O)NCCCN(C)c1ccccc1F.Cl. The summed E-state index contributed by atoms with van der Waals surface area (Å²) in [4.78, 5) is 13.8. The van der Waals surface area contributed by atoms with Crippen molar-refractivity contribution in [2.24, 2.45) is 5.73 Å². The Kier molecular flexibility index (Phi) is 9.06. The Hall–Kier alpha value is -1.33. The molecule has 1 rings (SSSR count). The van der Waals surface area contributed by atoms with Gasteiger partial charge in [0, 0.05) is 20.1 Å².